The summed E-state index contributed by atoms with van der Waals surface area (Å²) in [5.74, 6) is 1.34. The minimum atomic E-state index is 0.300. The Balaban J connectivity index is 1.80. The molecule has 4 aromatic rings. The first-order valence-electron chi connectivity index (χ1n) is 8.32. The van der Waals surface area contributed by atoms with Crippen molar-refractivity contribution in [3.8, 4) is 17.1 Å². The fourth-order valence-electron chi connectivity index (χ4n) is 2.94. The monoisotopic (exact) mass is 380 g/mol. The molecule has 0 bridgehead atoms. The molecule has 0 aliphatic heterocycles. The number of nitrogens with zero attached hydrogens (tertiary/aromatic N) is 5. The van der Waals surface area contributed by atoms with E-state index < -0.39 is 0 Å². The SMILES string of the molecule is COc1ncc(-c2nc(N)c3nc(Cc4ccccc4)nn3c2C)cc1Cl. The molecule has 1 aromatic carbocycles. The van der Waals surface area contributed by atoms with E-state index in [0.29, 0.717) is 40.3 Å². The number of anilines is 1. The van der Waals surface area contributed by atoms with Crippen LogP contribution in [-0.4, -0.2) is 31.7 Å². The maximum atomic E-state index is 6.20. The average molecular weight is 381 g/mol. The quantitative estimate of drug-likeness (QED) is 0.584. The van der Waals surface area contributed by atoms with Crippen molar-refractivity contribution in [3.63, 3.8) is 0 Å². The Morgan fingerprint density at radius 1 is 1.19 bits per heavy atom. The molecule has 0 amide bonds. The van der Waals surface area contributed by atoms with Gasteiger partial charge in [-0.05, 0) is 18.6 Å². The normalized spacial score (nSPS) is 11.1. The zero-order valence-corrected chi connectivity index (χ0v) is 15.6. The molecule has 0 atom stereocenters. The van der Waals surface area contributed by atoms with Crippen LogP contribution >= 0.6 is 11.6 Å². The first-order chi connectivity index (χ1) is 13.1. The van der Waals surface area contributed by atoms with Crippen molar-refractivity contribution >= 4 is 23.1 Å². The number of ether oxygens (including phenoxy) is 1. The predicted molar refractivity (Wildman–Crippen MR) is 104 cm³/mol. The topological polar surface area (TPSA) is 91.2 Å². The second-order valence-electron chi connectivity index (χ2n) is 6.07. The molecule has 7 nitrogen and oxygen atoms in total. The molecule has 0 aliphatic carbocycles. The average Bonchev–Trinajstić information content (AvgIpc) is 3.10. The summed E-state index contributed by atoms with van der Waals surface area (Å²) in [6.07, 6.45) is 2.26. The molecule has 27 heavy (non-hydrogen) atoms. The van der Waals surface area contributed by atoms with Crippen LogP contribution in [0, 0.1) is 6.92 Å². The van der Waals surface area contributed by atoms with Crippen molar-refractivity contribution in [2.75, 3.05) is 12.8 Å². The van der Waals surface area contributed by atoms with Gasteiger partial charge < -0.3 is 10.5 Å². The van der Waals surface area contributed by atoms with E-state index in [1.54, 1.807) is 16.8 Å². The highest BCUT2D eigenvalue weighted by Gasteiger charge is 2.17. The second-order valence-corrected chi connectivity index (χ2v) is 6.48. The maximum absolute atomic E-state index is 6.20. The van der Waals surface area contributed by atoms with Crippen molar-refractivity contribution in [1.29, 1.82) is 0 Å². The number of rotatable bonds is 4. The zero-order valence-electron chi connectivity index (χ0n) is 14.8. The Kier molecular flexibility index (Phi) is 4.37. The minimum absolute atomic E-state index is 0.300. The van der Waals surface area contributed by atoms with Crippen LogP contribution in [-0.2, 0) is 6.42 Å². The molecule has 0 radical (unpaired) electrons. The van der Waals surface area contributed by atoms with Gasteiger partial charge in [-0.2, -0.15) is 5.10 Å². The van der Waals surface area contributed by atoms with Gasteiger partial charge in [0, 0.05) is 18.2 Å². The third-order valence-electron chi connectivity index (χ3n) is 4.25. The van der Waals surface area contributed by atoms with Crippen molar-refractivity contribution in [2.45, 2.75) is 13.3 Å². The van der Waals surface area contributed by atoms with E-state index in [9.17, 15) is 0 Å². The Morgan fingerprint density at radius 3 is 2.67 bits per heavy atom. The summed E-state index contributed by atoms with van der Waals surface area (Å²) < 4.78 is 6.82. The number of hydrogen-bond acceptors (Lipinski definition) is 6. The Labute approximate surface area is 160 Å². The molecule has 0 aliphatic rings. The molecular weight excluding hydrogens is 364 g/mol. The van der Waals surface area contributed by atoms with Gasteiger partial charge in [-0.25, -0.2) is 19.5 Å². The molecule has 3 aromatic heterocycles. The number of methoxy groups -OCH3 is 1. The van der Waals surface area contributed by atoms with Gasteiger partial charge in [0.25, 0.3) is 0 Å². The van der Waals surface area contributed by atoms with E-state index in [2.05, 4.69) is 20.1 Å². The number of aromatic nitrogens is 5. The van der Waals surface area contributed by atoms with Gasteiger partial charge in [-0.3, -0.25) is 0 Å². The summed E-state index contributed by atoms with van der Waals surface area (Å²) in [6, 6.07) is 11.8. The van der Waals surface area contributed by atoms with E-state index in [1.165, 1.54) is 7.11 Å². The van der Waals surface area contributed by atoms with Gasteiger partial charge in [0.2, 0.25) is 5.88 Å². The lowest BCUT2D eigenvalue weighted by Crippen LogP contribution is -2.05. The van der Waals surface area contributed by atoms with Crippen LogP contribution in [0.15, 0.2) is 42.6 Å². The minimum Gasteiger partial charge on any atom is -0.480 e. The summed E-state index contributed by atoms with van der Waals surface area (Å²) in [7, 11) is 1.52. The number of nitrogens with two attached hydrogens (primary N) is 1. The smallest absolute Gasteiger partial charge is 0.232 e. The van der Waals surface area contributed by atoms with Crippen LogP contribution in [0.5, 0.6) is 5.88 Å². The first-order valence-corrected chi connectivity index (χ1v) is 8.70. The Bertz CT molecular complexity index is 1130. The summed E-state index contributed by atoms with van der Waals surface area (Å²) in [5.41, 5.74) is 9.99. The van der Waals surface area contributed by atoms with Crippen molar-refractivity contribution in [2.24, 2.45) is 0 Å². The number of pyridine rings is 1. The number of fused-ring (bicyclic) bond motifs is 1. The fraction of sp³-hybridized carbons (Fsp3) is 0.158. The second kappa shape index (κ2) is 6.85. The Morgan fingerprint density at radius 2 is 1.96 bits per heavy atom. The third kappa shape index (κ3) is 3.17. The molecular formula is C19H17ClN6O. The number of halogens is 1. The molecule has 2 N–H and O–H groups in total. The largest absolute Gasteiger partial charge is 0.480 e. The first kappa shape index (κ1) is 17.2. The van der Waals surface area contributed by atoms with Crippen LogP contribution in [0.1, 0.15) is 17.1 Å². The van der Waals surface area contributed by atoms with Crippen LogP contribution < -0.4 is 10.5 Å². The fourth-order valence-corrected chi connectivity index (χ4v) is 3.18. The lowest BCUT2D eigenvalue weighted by Gasteiger charge is -2.09. The number of hydrogen-bond donors (Lipinski definition) is 1. The van der Waals surface area contributed by atoms with Crippen LogP contribution in [0.4, 0.5) is 5.82 Å². The summed E-state index contributed by atoms with van der Waals surface area (Å²) in [5, 5.41) is 5.02. The van der Waals surface area contributed by atoms with E-state index in [-0.39, 0.29) is 0 Å². The molecule has 0 unspecified atom stereocenters. The highest BCUT2D eigenvalue weighted by atomic mass is 35.5. The number of aryl methyl sites for hydroxylation is 1. The van der Waals surface area contributed by atoms with Gasteiger partial charge in [0.05, 0.1) is 18.5 Å². The van der Waals surface area contributed by atoms with Crippen molar-refractivity contribution in [3.05, 3.63) is 64.7 Å². The molecule has 0 fully saturated rings. The van der Waals surface area contributed by atoms with Crippen molar-refractivity contribution < 1.29 is 4.74 Å². The van der Waals surface area contributed by atoms with Crippen LogP contribution in [0.2, 0.25) is 5.02 Å². The molecule has 8 heteroatoms. The molecule has 0 saturated heterocycles. The highest BCUT2D eigenvalue weighted by molar-refractivity contribution is 6.32. The number of nitrogen functional groups attached to an aromatic ring is 1. The molecule has 136 valence electrons. The van der Waals surface area contributed by atoms with Gasteiger partial charge in [0.1, 0.15) is 5.02 Å². The zero-order chi connectivity index (χ0) is 19.0. The molecule has 4 rings (SSSR count). The van der Waals surface area contributed by atoms with Gasteiger partial charge >= 0.3 is 0 Å². The van der Waals surface area contributed by atoms with E-state index in [1.807, 2.05) is 37.3 Å². The highest BCUT2D eigenvalue weighted by Crippen LogP contribution is 2.29. The maximum Gasteiger partial charge on any atom is 0.232 e. The standard InChI is InChI=1S/C19H17ClN6O/c1-11-16(13-9-14(20)19(27-2)22-10-13)24-17(21)18-23-15(25-26(11)18)8-12-6-4-3-5-7-12/h3-7,9-10H,8H2,1-2H3,(H2,21,24). The molecule has 3 heterocycles. The van der Waals surface area contributed by atoms with Gasteiger partial charge in [0.15, 0.2) is 17.3 Å². The summed E-state index contributed by atoms with van der Waals surface area (Å²) in [4.78, 5) is 13.3. The Hall–Kier alpha value is -3.19. The third-order valence-corrected chi connectivity index (χ3v) is 4.52. The lowest BCUT2D eigenvalue weighted by atomic mass is 10.1. The van der Waals surface area contributed by atoms with E-state index >= 15 is 0 Å². The van der Waals surface area contributed by atoms with Crippen LogP contribution in [0.3, 0.4) is 0 Å². The van der Waals surface area contributed by atoms with Gasteiger partial charge in [-0.15, -0.1) is 0 Å². The van der Waals surface area contributed by atoms with Crippen LogP contribution in [0.25, 0.3) is 16.9 Å². The molecule has 0 saturated carbocycles. The summed E-state index contributed by atoms with van der Waals surface area (Å²) in [6.45, 7) is 1.91. The van der Waals surface area contributed by atoms with Gasteiger partial charge in [-0.1, -0.05) is 41.9 Å². The predicted octanol–water partition coefficient (Wildman–Crippen LogP) is 3.33. The van der Waals surface area contributed by atoms with Crippen molar-refractivity contribution in [1.82, 2.24) is 24.6 Å². The van der Waals surface area contributed by atoms with E-state index in [4.69, 9.17) is 22.1 Å². The summed E-state index contributed by atoms with van der Waals surface area (Å²) >= 11 is 6.20. The lowest BCUT2D eigenvalue weighted by molar-refractivity contribution is 0.398. The molecule has 0 spiro atoms. The van der Waals surface area contributed by atoms with E-state index in [0.717, 1.165) is 16.8 Å². The number of benzene rings is 1.